The summed E-state index contributed by atoms with van der Waals surface area (Å²) in [6.07, 6.45) is 2.79. The topological polar surface area (TPSA) is 34.1 Å². The molecule has 1 aromatic carbocycles. The number of rotatable bonds is 7. The summed E-state index contributed by atoms with van der Waals surface area (Å²) in [6.45, 7) is 6.54. The molecule has 112 valence electrons. The van der Waals surface area contributed by atoms with Crippen molar-refractivity contribution < 1.29 is 9.13 Å². The number of pyridine rings is 1. The lowest BCUT2D eigenvalue weighted by molar-refractivity contribution is 0.305. The number of ether oxygens (including phenoxy) is 1. The van der Waals surface area contributed by atoms with E-state index in [1.807, 2.05) is 24.3 Å². The Bertz CT molecular complexity index is 555. The van der Waals surface area contributed by atoms with Gasteiger partial charge in [0.05, 0.1) is 6.20 Å². The molecule has 2 aromatic rings. The molecule has 0 radical (unpaired) electrons. The van der Waals surface area contributed by atoms with E-state index in [1.165, 1.54) is 17.8 Å². The maximum atomic E-state index is 13.0. The van der Waals surface area contributed by atoms with Gasteiger partial charge in [-0.2, -0.15) is 0 Å². The van der Waals surface area contributed by atoms with E-state index in [4.69, 9.17) is 4.74 Å². The van der Waals surface area contributed by atoms with Crippen LogP contribution in [0.25, 0.3) is 0 Å². The Hall–Kier alpha value is -1.94. The maximum Gasteiger partial charge on any atom is 0.141 e. The van der Waals surface area contributed by atoms with Crippen molar-refractivity contribution in [3.8, 4) is 5.75 Å². The second-order valence-electron chi connectivity index (χ2n) is 5.47. The quantitative estimate of drug-likeness (QED) is 0.846. The monoisotopic (exact) mass is 288 g/mol. The van der Waals surface area contributed by atoms with Gasteiger partial charge in [-0.25, -0.2) is 4.39 Å². The Morgan fingerprint density at radius 2 is 1.90 bits per heavy atom. The van der Waals surface area contributed by atoms with Crippen molar-refractivity contribution in [2.45, 2.75) is 27.0 Å². The van der Waals surface area contributed by atoms with Gasteiger partial charge >= 0.3 is 0 Å². The Balaban J connectivity index is 1.82. The van der Waals surface area contributed by atoms with Crippen molar-refractivity contribution in [1.82, 2.24) is 10.3 Å². The summed E-state index contributed by atoms with van der Waals surface area (Å²) in [5.41, 5.74) is 1.94. The Kier molecular flexibility index (Phi) is 5.69. The average molecular weight is 288 g/mol. The number of halogens is 1. The van der Waals surface area contributed by atoms with Gasteiger partial charge in [0.25, 0.3) is 0 Å². The van der Waals surface area contributed by atoms with Crippen molar-refractivity contribution in [1.29, 1.82) is 0 Å². The van der Waals surface area contributed by atoms with Crippen LogP contribution < -0.4 is 10.1 Å². The molecule has 0 bridgehead atoms. The standard InChI is InChI=1S/C17H21FN2O/c1-13(2)8-19-9-14-3-5-17(6-4-14)21-12-15-7-16(18)11-20-10-15/h3-7,10-11,13,19H,8-9,12H2,1-2H3. The molecule has 21 heavy (non-hydrogen) atoms. The normalized spacial score (nSPS) is 10.9. The van der Waals surface area contributed by atoms with Crippen molar-refractivity contribution in [3.05, 3.63) is 59.7 Å². The highest BCUT2D eigenvalue weighted by Gasteiger charge is 2.00. The predicted octanol–water partition coefficient (Wildman–Crippen LogP) is 3.55. The van der Waals surface area contributed by atoms with Gasteiger partial charge in [0.15, 0.2) is 0 Å². The van der Waals surface area contributed by atoms with Crippen molar-refractivity contribution in [2.24, 2.45) is 5.92 Å². The molecule has 0 atom stereocenters. The number of hydrogen-bond donors (Lipinski definition) is 1. The molecule has 0 fully saturated rings. The zero-order valence-corrected chi connectivity index (χ0v) is 12.5. The van der Waals surface area contributed by atoms with E-state index >= 15 is 0 Å². The minimum atomic E-state index is -0.345. The minimum absolute atomic E-state index is 0.315. The molecular formula is C17H21FN2O. The minimum Gasteiger partial charge on any atom is -0.489 e. The van der Waals surface area contributed by atoms with Gasteiger partial charge < -0.3 is 10.1 Å². The lowest BCUT2D eigenvalue weighted by Crippen LogP contribution is -2.18. The molecule has 0 aliphatic carbocycles. The van der Waals surface area contributed by atoms with Gasteiger partial charge in [0.1, 0.15) is 18.2 Å². The number of benzene rings is 1. The summed E-state index contributed by atoms with van der Waals surface area (Å²) in [7, 11) is 0. The largest absolute Gasteiger partial charge is 0.489 e. The third kappa shape index (κ3) is 5.52. The highest BCUT2D eigenvalue weighted by molar-refractivity contribution is 5.27. The van der Waals surface area contributed by atoms with Crippen molar-refractivity contribution in [2.75, 3.05) is 6.54 Å². The van der Waals surface area contributed by atoms with Gasteiger partial charge in [-0.15, -0.1) is 0 Å². The van der Waals surface area contributed by atoms with Crippen molar-refractivity contribution >= 4 is 0 Å². The summed E-state index contributed by atoms with van der Waals surface area (Å²) in [5.74, 6) is 1.07. The number of aromatic nitrogens is 1. The van der Waals surface area contributed by atoms with E-state index in [0.29, 0.717) is 12.5 Å². The second kappa shape index (κ2) is 7.74. The van der Waals surface area contributed by atoms with Crippen LogP contribution in [0.15, 0.2) is 42.7 Å². The molecule has 3 nitrogen and oxygen atoms in total. The highest BCUT2D eigenvalue weighted by atomic mass is 19.1. The van der Waals surface area contributed by atoms with Crippen LogP contribution in [0.2, 0.25) is 0 Å². The average Bonchev–Trinajstić information content (AvgIpc) is 2.46. The molecule has 1 heterocycles. The summed E-state index contributed by atoms with van der Waals surface area (Å²) < 4.78 is 18.6. The predicted molar refractivity (Wildman–Crippen MR) is 81.5 cm³/mol. The zero-order chi connectivity index (χ0) is 15.1. The van der Waals surface area contributed by atoms with Gasteiger partial charge in [0, 0.05) is 18.3 Å². The molecule has 1 aromatic heterocycles. The van der Waals surface area contributed by atoms with E-state index < -0.39 is 0 Å². The molecule has 0 aliphatic heterocycles. The van der Waals surface area contributed by atoms with E-state index in [9.17, 15) is 4.39 Å². The van der Waals surface area contributed by atoms with Gasteiger partial charge in [0.2, 0.25) is 0 Å². The Morgan fingerprint density at radius 3 is 2.57 bits per heavy atom. The maximum absolute atomic E-state index is 13.0. The summed E-state index contributed by atoms with van der Waals surface area (Å²) >= 11 is 0. The third-order valence-electron chi connectivity index (χ3n) is 2.97. The molecule has 0 saturated heterocycles. The molecule has 0 aliphatic rings. The third-order valence-corrected chi connectivity index (χ3v) is 2.97. The molecule has 0 amide bonds. The van der Waals surface area contributed by atoms with Crippen LogP contribution >= 0.6 is 0 Å². The first-order valence-electron chi connectivity index (χ1n) is 7.15. The summed E-state index contributed by atoms with van der Waals surface area (Å²) in [6, 6.07) is 9.36. The lowest BCUT2D eigenvalue weighted by Gasteiger charge is -2.09. The van der Waals surface area contributed by atoms with Crippen LogP contribution in [0, 0.1) is 11.7 Å². The van der Waals surface area contributed by atoms with Crippen molar-refractivity contribution in [3.63, 3.8) is 0 Å². The molecule has 0 unspecified atom stereocenters. The smallest absolute Gasteiger partial charge is 0.141 e. The fraction of sp³-hybridized carbons (Fsp3) is 0.353. The summed E-state index contributed by atoms with van der Waals surface area (Å²) in [4.78, 5) is 3.80. The first-order chi connectivity index (χ1) is 10.1. The number of hydrogen-bond acceptors (Lipinski definition) is 3. The van der Waals surface area contributed by atoms with Gasteiger partial charge in [-0.1, -0.05) is 26.0 Å². The van der Waals surface area contributed by atoms with E-state index in [-0.39, 0.29) is 5.82 Å². The van der Waals surface area contributed by atoms with E-state index in [2.05, 4.69) is 24.1 Å². The molecule has 2 rings (SSSR count). The fourth-order valence-corrected chi connectivity index (χ4v) is 1.91. The number of nitrogens with zero attached hydrogens (tertiary/aromatic N) is 1. The molecular weight excluding hydrogens is 267 g/mol. The van der Waals surface area contributed by atoms with Crippen LogP contribution in [0.5, 0.6) is 5.75 Å². The van der Waals surface area contributed by atoms with Crippen LogP contribution in [0.4, 0.5) is 4.39 Å². The van der Waals surface area contributed by atoms with E-state index in [1.54, 1.807) is 6.20 Å². The molecule has 0 saturated carbocycles. The fourth-order valence-electron chi connectivity index (χ4n) is 1.91. The lowest BCUT2D eigenvalue weighted by atomic mass is 10.2. The van der Waals surface area contributed by atoms with E-state index in [0.717, 1.165) is 24.4 Å². The zero-order valence-electron chi connectivity index (χ0n) is 12.5. The Morgan fingerprint density at radius 1 is 1.14 bits per heavy atom. The molecule has 1 N–H and O–H groups in total. The van der Waals surface area contributed by atoms with Crippen LogP contribution in [-0.4, -0.2) is 11.5 Å². The number of nitrogens with one attached hydrogen (secondary N) is 1. The molecule has 0 spiro atoms. The summed E-state index contributed by atoms with van der Waals surface area (Å²) in [5, 5.41) is 3.39. The first kappa shape index (κ1) is 15.4. The molecule has 4 heteroatoms. The van der Waals surface area contributed by atoms with Crippen LogP contribution in [-0.2, 0) is 13.2 Å². The first-order valence-corrected chi connectivity index (χ1v) is 7.15. The van der Waals surface area contributed by atoms with Gasteiger partial charge in [-0.3, -0.25) is 4.98 Å². The van der Waals surface area contributed by atoms with Crippen LogP contribution in [0.1, 0.15) is 25.0 Å². The van der Waals surface area contributed by atoms with Gasteiger partial charge in [-0.05, 0) is 36.2 Å². The SMILES string of the molecule is CC(C)CNCc1ccc(OCc2cncc(F)c2)cc1. The Labute approximate surface area is 125 Å². The second-order valence-corrected chi connectivity index (χ2v) is 5.47. The highest BCUT2D eigenvalue weighted by Crippen LogP contribution is 2.14. The van der Waals surface area contributed by atoms with Crippen LogP contribution in [0.3, 0.4) is 0 Å².